The zero-order chi connectivity index (χ0) is 12.8. The Morgan fingerprint density at radius 3 is 2.76 bits per heavy atom. The molecule has 1 aromatic rings. The van der Waals surface area contributed by atoms with Crippen LogP contribution in [0.1, 0.15) is 24.2 Å². The van der Waals surface area contributed by atoms with Crippen LogP contribution in [0.2, 0.25) is 5.02 Å². The van der Waals surface area contributed by atoms with Crippen LogP contribution in [0.25, 0.3) is 0 Å². The fourth-order valence-electron chi connectivity index (χ4n) is 1.20. The number of halogens is 1. The van der Waals surface area contributed by atoms with Gasteiger partial charge in [0.25, 0.3) is 0 Å². The highest BCUT2D eigenvalue weighted by Crippen LogP contribution is 2.19. The largest absolute Gasteiger partial charge is 0.460 e. The van der Waals surface area contributed by atoms with Gasteiger partial charge in [-0.15, -0.1) is 0 Å². The molecule has 0 radical (unpaired) electrons. The van der Waals surface area contributed by atoms with E-state index in [4.69, 9.17) is 26.8 Å². The van der Waals surface area contributed by atoms with Gasteiger partial charge in [-0.05, 0) is 32.0 Å². The molecule has 0 aromatic heterocycles. The number of esters is 1. The Bertz CT molecular complexity index is 393. The number of nitrogen functional groups attached to an aromatic ring is 1. The Kier molecular flexibility index (Phi) is 5.25. The van der Waals surface area contributed by atoms with E-state index in [1.165, 1.54) is 6.07 Å². The molecular weight excluding hydrogens is 242 g/mol. The number of hydrogen-bond donors (Lipinski definition) is 1. The topological polar surface area (TPSA) is 61.5 Å². The Morgan fingerprint density at radius 1 is 1.41 bits per heavy atom. The van der Waals surface area contributed by atoms with Crippen molar-refractivity contribution in [2.45, 2.75) is 20.0 Å². The number of ether oxygens (including phenoxy) is 2. The third-order valence-electron chi connectivity index (χ3n) is 1.98. The first-order valence-corrected chi connectivity index (χ1v) is 5.72. The molecule has 0 aliphatic rings. The standard InChI is InChI=1S/C12H16ClNO3/c1-8(2)16-5-6-17-12(15)10-7-9(14)3-4-11(10)13/h3-4,7-8H,5-6,14H2,1-2H3. The molecule has 0 aliphatic carbocycles. The van der Waals surface area contributed by atoms with Gasteiger partial charge in [0.1, 0.15) is 6.61 Å². The maximum atomic E-state index is 11.6. The molecule has 0 spiro atoms. The quantitative estimate of drug-likeness (QED) is 0.500. The van der Waals surface area contributed by atoms with Gasteiger partial charge in [0.05, 0.1) is 23.3 Å². The molecule has 0 heterocycles. The molecule has 0 unspecified atom stereocenters. The summed E-state index contributed by atoms with van der Waals surface area (Å²) in [5.74, 6) is -0.491. The lowest BCUT2D eigenvalue weighted by Gasteiger charge is -2.09. The molecule has 17 heavy (non-hydrogen) atoms. The number of benzene rings is 1. The van der Waals surface area contributed by atoms with Crippen molar-refractivity contribution in [2.24, 2.45) is 0 Å². The summed E-state index contributed by atoms with van der Waals surface area (Å²) >= 11 is 5.87. The summed E-state index contributed by atoms with van der Waals surface area (Å²) in [5, 5.41) is 0.328. The molecule has 0 aliphatic heterocycles. The molecule has 0 saturated heterocycles. The predicted octanol–water partition coefficient (Wildman–Crippen LogP) is 2.50. The zero-order valence-electron chi connectivity index (χ0n) is 9.90. The number of rotatable bonds is 5. The second-order valence-corrected chi connectivity index (χ2v) is 4.20. The Labute approximate surface area is 106 Å². The van der Waals surface area contributed by atoms with Crippen molar-refractivity contribution in [2.75, 3.05) is 18.9 Å². The Morgan fingerprint density at radius 2 is 2.12 bits per heavy atom. The van der Waals surface area contributed by atoms with Crippen LogP contribution in [0.15, 0.2) is 18.2 Å². The number of nitrogens with two attached hydrogens (primary N) is 1. The van der Waals surface area contributed by atoms with Crippen molar-refractivity contribution >= 4 is 23.3 Å². The zero-order valence-corrected chi connectivity index (χ0v) is 10.7. The molecule has 1 rings (SSSR count). The van der Waals surface area contributed by atoms with Crippen LogP contribution in [-0.2, 0) is 9.47 Å². The molecule has 0 saturated carbocycles. The minimum atomic E-state index is -0.491. The normalized spacial score (nSPS) is 10.6. The van der Waals surface area contributed by atoms with Crippen LogP contribution in [0.5, 0.6) is 0 Å². The summed E-state index contributed by atoms with van der Waals surface area (Å²) in [5.41, 5.74) is 6.32. The predicted molar refractivity (Wildman–Crippen MR) is 67.2 cm³/mol. The second-order valence-electron chi connectivity index (χ2n) is 3.79. The van der Waals surface area contributed by atoms with Crippen LogP contribution in [0.3, 0.4) is 0 Å². The Balaban J connectivity index is 2.49. The molecule has 0 atom stereocenters. The van der Waals surface area contributed by atoms with Crippen LogP contribution in [0, 0.1) is 0 Å². The molecule has 0 bridgehead atoms. The highest BCUT2D eigenvalue weighted by molar-refractivity contribution is 6.33. The van der Waals surface area contributed by atoms with Gasteiger partial charge in [-0.1, -0.05) is 11.6 Å². The lowest BCUT2D eigenvalue weighted by atomic mass is 10.2. The lowest BCUT2D eigenvalue weighted by Crippen LogP contribution is -2.14. The van der Waals surface area contributed by atoms with E-state index in [1.54, 1.807) is 12.1 Å². The fourth-order valence-corrected chi connectivity index (χ4v) is 1.39. The van der Waals surface area contributed by atoms with Gasteiger partial charge in [-0.25, -0.2) is 4.79 Å². The van der Waals surface area contributed by atoms with Gasteiger partial charge >= 0.3 is 5.97 Å². The Hall–Kier alpha value is -1.26. The fraction of sp³-hybridized carbons (Fsp3) is 0.417. The lowest BCUT2D eigenvalue weighted by molar-refractivity contribution is 0.0177. The molecular formula is C12H16ClNO3. The van der Waals surface area contributed by atoms with E-state index < -0.39 is 5.97 Å². The van der Waals surface area contributed by atoms with Gasteiger partial charge in [-0.2, -0.15) is 0 Å². The summed E-state index contributed by atoms with van der Waals surface area (Å²) < 4.78 is 10.3. The van der Waals surface area contributed by atoms with E-state index in [0.717, 1.165) is 0 Å². The summed E-state index contributed by atoms with van der Waals surface area (Å²) in [6.07, 6.45) is 0.115. The van der Waals surface area contributed by atoms with Crippen molar-refractivity contribution in [1.29, 1.82) is 0 Å². The minimum Gasteiger partial charge on any atom is -0.460 e. The number of carbonyl (C=O) groups excluding carboxylic acids is 1. The summed E-state index contributed by atoms with van der Waals surface area (Å²) in [6.45, 7) is 4.39. The highest BCUT2D eigenvalue weighted by Gasteiger charge is 2.12. The van der Waals surface area contributed by atoms with Gasteiger partial charge in [0.2, 0.25) is 0 Å². The van der Waals surface area contributed by atoms with E-state index in [1.807, 2.05) is 13.8 Å². The van der Waals surface area contributed by atoms with E-state index in [2.05, 4.69) is 0 Å². The number of carbonyl (C=O) groups is 1. The van der Waals surface area contributed by atoms with Crippen molar-refractivity contribution in [3.8, 4) is 0 Å². The first-order chi connectivity index (χ1) is 8.00. The van der Waals surface area contributed by atoms with Gasteiger partial charge in [0.15, 0.2) is 0 Å². The van der Waals surface area contributed by atoms with Crippen molar-refractivity contribution in [3.63, 3.8) is 0 Å². The first kappa shape index (κ1) is 13.8. The molecule has 0 fully saturated rings. The van der Waals surface area contributed by atoms with Crippen LogP contribution < -0.4 is 5.73 Å². The van der Waals surface area contributed by atoms with Crippen molar-refractivity contribution in [1.82, 2.24) is 0 Å². The van der Waals surface area contributed by atoms with Crippen LogP contribution >= 0.6 is 11.6 Å². The highest BCUT2D eigenvalue weighted by atomic mass is 35.5. The van der Waals surface area contributed by atoms with E-state index in [0.29, 0.717) is 17.3 Å². The number of anilines is 1. The van der Waals surface area contributed by atoms with Crippen LogP contribution in [0.4, 0.5) is 5.69 Å². The number of hydrogen-bond acceptors (Lipinski definition) is 4. The smallest absolute Gasteiger partial charge is 0.339 e. The van der Waals surface area contributed by atoms with Crippen molar-refractivity contribution in [3.05, 3.63) is 28.8 Å². The maximum absolute atomic E-state index is 11.6. The first-order valence-electron chi connectivity index (χ1n) is 5.34. The third-order valence-corrected chi connectivity index (χ3v) is 2.31. The average molecular weight is 258 g/mol. The van der Waals surface area contributed by atoms with Gasteiger partial charge < -0.3 is 15.2 Å². The van der Waals surface area contributed by atoms with Crippen LogP contribution in [-0.4, -0.2) is 25.3 Å². The summed E-state index contributed by atoms with van der Waals surface area (Å²) in [4.78, 5) is 11.6. The SMILES string of the molecule is CC(C)OCCOC(=O)c1cc(N)ccc1Cl. The van der Waals surface area contributed by atoms with E-state index in [9.17, 15) is 4.79 Å². The summed E-state index contributed by atoms with van der Waals surface area (Å²) in [6, 6.07) is 4.69. The van der Waals surface area contributed by atoms with Crippen molar-refractivity contribution < 1.29 is 14.3 Å². The molecule has 5 heteroatoms. The monoisotopic (exact) mass is 257 g/mol. The average Bonchev–Trinajstić information content (AvgIpc) is 2.27. The molecule has 1 aromatic carbocycles. The molecule has 4 nitrogen and oxygen atoms in total. The van der Waals surface area contributed by atoms with Gasteiger partial charge in [0, 0.05) is 5.69 Å². The van der Waals surface area contributed by atoms with E-state index >= 15 is 0 Å². The molecule has 0 amide bonds. The molecule has 94 valence electrons. The maximum Gasteiger partial charge on any atom is 0.339 e. The second kappa shape index (κ2) is 6.47. The van der Waals surface area contributed by atoms with E-state index in [-0.39, 0.29) is 18.3 Å². The summed E-state index contributed by atoms with van der Waals surface area (Å²) in [7, 11) is 0. The third kappa shape index (κ3) is 4.63. The minimum absolute atomic E-state index is 0.115. The van der Waals surface area contributed by atoms with Gasteiger partial charge in [-0.3, -0.25) is 0 Å². The molecule has 2 N–H and O–H groups in total.